The molecule has 0 fully saturated rings. The Morgan fingerprint density at radius 3 is 1.76 bits per heavy atom. The van der Waals surface area contributed by atoms with Crippen LogP contribution in [0.4, 0.5) is 0 Å². The third-order valence-corrected chi connectivity index (χ3v) is 9.55. The molecule has 1 aromatic heterocycles. The maximum Gasteiger partial charge on any atom is 0.136 e. The zero-order chi connectivity index (χ0) is 30.3. The molecule has 214 valence electrons. The molecule has 8 aromatic carbocycles. The highest BCUT2D eigenvalue weighted by molar-refractivity contribution is 6.28. The van der Waals surface area contributed by atoms with Crippen molar-refractivity contribution >= 4 is 54.3 Å². The second-order valence-electron chi connectivity index (χ2n) is 13.4. The first-order valence-corrected chi connectivity index (χ1v) is 15.8. The highest BCUT2D eigenvalue weighted by Gasteiger charge is 2.20. The molecule has 0 aliphatic carbocycles. The van der Waals surface area contributed by atoms with E-state index in [2.05, 4.69) is 148 Å². The van der Waals surface area contributed by atoms with Crippen molar-refractivity contribution in [3.63, 3.8) is 0 Å². The molecule has 45 heavy (non-hydrogen) atoms. The summed E-state index contributed by atoms with van der Waals surface area (Å²) in [5.74, 6) is 0. The average Bonchev–Trinajstić information content (AvgIpc) is 3.45. The van der Waals surface area contributed by atoms with Crippen LogP contribution in [0.5, 0.6) is 0 Å². The molecule has 9 aromatic rings. The predicted molar refractivity (Wildman–Crippen MR) is 192 cm³/mol. The highest BCUT2D eigenvalue weighted by Crippen LogP contribution is 2.45. The number of hydrogen-bond acceptors (Lipinski definition) is 1. The molecule has 0 N–H and O–H groups in total. The Hall–Kier alpha value is -5.40. The van der Waals surface area contributed by atoms with Gasteiger partial charge in [-0.3, -0.25) is 0 Å². The third-order valence-electron chi connectivity index (χ3n) is 9.55. The zero-order valence-corrected chi connectivity index (χ0v) is 25.7. The summed E-state index contributed by atoms with van der Waals surface area (Å²) in [6.07, 6.45) is 0. The van der Waals surface area contributed by atoms with Crippen LogP contribution in [0.1, 0.15) is 26.3 Å². The Bertz CT molecular complexity index is 2540. The van der Waals surface area contributed by atoms with E-state index in [1.54, 1.807) is 0 Å². The Labute approximate surface area is 262 Å². The second kappa shape index (κ2) is 9.55. The summed E-state index contributed by atoms with van der Waals surface area (Å²) in [4.78, 5) is 0. The van der Waals surface area contributed by atoms with Crippen molar-refractivity contribution in [2.24, 2.45) is 0 Å². The van der Waals surface area contributed by atoms with Gasteiger partial charge in [-0.1, -0.05) is 130 Å². The minimum absolute atomic E-state index is 0.0800. The van der Waals surface area contributed by atoms with Crippen LogP contribution in [0.15, 0.2) is 144 Å². The van der Waals surface area contributed by atoms with Gasteiger partial charge in [0.25, 0.3) is 0 Å². The van der Waals surface area contributed by atoms with Crippen molar-refractivity contribution in [3.05, 3.63) is 145 Å². The normalized spacial score (nSPS) is 12.3. The smallest absolute Gasteiger partial charge is 0.136 e. The van der Waals surface area contributed by atoms with Crippen LogP contribution < -0.4 is 0 Å². The monoisotopic (exact) mass is 576 g/mol. The summed E-state index contributed by atoms with van der Waals surface area (Å²) in [7, 11) is 0. The summed E-state index contributed by atoms with van der Waals surface area (Å²) in [6, 6.07) is 51.2. The molecule has 0 atom stereocenters. The quantitative estimate of drug-likeness (QED) is 0.191. The van der Waals surface area contributed by atoms with Crippen molar-refractivity contribution in [1.29, 1.82) is 0 Å². The number of fused-ring (bicyclic) bond motifs is 3. The molecule has 0 bridgehead atoms. The van der Waals surface area contributed by atoms with Crippen LogP contribution in [-0.4, -0.2) is 0 Å². The lowest BCUT2D eigenvalue weighted by atomic mass is 9.81. The lowest BCUT2D eigenvalue weighted by molar-refractivity contribution is 0.591. The van der Waals surface area contributed by atoms with E-state index < -0.39 is 0 Å². The fraction of sp³-hybridized carbons (Fsp3) is 0.0909. The van der Waals surface area contributed by atoms with E-state index in [1.807, 2.05) is 12.1 Å². The second-order valence-corrected chi connectivity index (χ2v) is 13.4. The largest absolute Gasteiger partial charge is 0.456 e. The van der Waals surface area contributed by atoms with Gasteiger partial charge in [-0.05, 0) is 107 Å². The van der Waals surface area contributed by atoms with E-state index >= 15 is 0 Å². The number of rotatable bonds is 3. The summed E-state index contributed by atoms with van der Waals surface area (Å²) in [5.41, 5.74) is 10.6. The van der Waals surface area contributed by atoms with Crippen LogP contribution >= 0.6 is 0 Å². The van der Waals surface area contributed by atoms with Crippen LogP contribution in [0, 0.1) is 0 Å². The van der Waals surface area contributed by atoms with Gasteiger partial charge in [0.15, 0.2) is 0 Å². The first-order valence-electron chi connectivity index (χ1n) is 15.8. The molecule has 0 amide bonds. The molecule has 0 aliphatic rings. The standard InChI is InChI=1S/C44H32O/c1-44(2,3)33-23-31-17-20-36-38(27-10-5-4-6-11-27)26-39(37-21-18-32(24-33)42(31)43(36)37)30-13-9-12-28(22-30)29-16-19-35-34-14-7-8-15-40(34)45-41(35)25-29/h4-26H,1-3H3. The minimum Gasteiger partial charge on any atom is -0.456 e. The van der Waals surface area contributed by atoms with Crippen molar-refractivity contribution in [2.45, 2.75) is 26.2 Å². The number of hydrogen-bond donors (Lipinski definition) is 0. The lowest BCUT2D eigenvalue weighted by Crippen LogP contribution is -2.10. The lowest BCUT2D eigenvalue weighted by Gasteiger charge is -2.23. The minimum atomic E-state index is 0.0800. The molecule has 0 aliphatic heterocycles. The van der Waals surface area contributed by atoms with Crippen molar-refractivity contribution in [1.82, 2.24) is 0 Å². The molecule has 1 nitrogen and oxygen atoms in total. The van der Waals surface area contributed by atoms with Gasteiger partial charge < -0.3 is 4.42 Å². The van der Waals surface area contributed by atoms with Gasteiger partial charge in [-0.15, -0.1) is 0 Å². The van der Waals surface area contributed by atoms with E-state index in [-0.39, 0.29) is 5.41 Å². The number of furan rings is 1. The molecule has 0 spiro atoms. The van der Waals surface area contributed by atoms with E-state index in [9.17, 15) is 0 Å². The highest BCUT2D eigenvalue weighted by atomic mass is 16.3. The molecule has 0 radical (unpaired) electrons. The molecule has 1 heterocycles. The molecule has 0 saturated heterocycles. The molecule has 1 heteroatoms. The first kappa shape index (κ1) is 26.0. The molecule has 9 rings (SSSR count). The Morgan fingerprint density at radius 2 is 1.00 bits per heavy atom. The fourth-order valence-corrected chi connectivity index (χ4v) is 7.22. The van der Waals surface area contributed by atoms with Gasteiger partial charge in [0, 0.05) is 10.8 Å². The third kappa shape index (κ3) is 4.08. The van der Waals surface area contributed by atoms with Crippen LogP contribution in [-0.2, 0) is 5.41 Å². The van der Waals surface area contributed by atoms with Crippen LogP contribution in [0.25, 0.3) is 87.6 Å². The first-order chi connectivity index (χ1) is 21.9. The van der Waals surface area contributed by atoms with Gasteiger partial charge >= 0.3 is 0 Å². The van der Waals surface area contributed by atoms with E-state index in [0.717, 1.165) is 27.5 Å². The predicted octanol–water partition coefficient (Wildman–Crippen LogP) is 12.8. The molecule has 0 saturated carbocycles. The Morgan fingerprint density at radius 1 is 0.400 bits per heavy atom. The van der Waals surface area contributed by atoms with Crippen molar-refractivity contribution in [3.8, 4) is 33.4 Å². The average molecular weight is 577 g/mol. The molecular weight excluding hydrogens is 544 g/mol. The van der Waals surface area contributed by atoms with Crippen molar-refractivity contribution < 1.29 is 4.42 Å². The van der Waals surface area contributed by atoms with Crippen molar-refractivity contribution in [2.75, 3.05) is 0 Å². The molecule has 0 unspecified atom stereocenters. The van der Waals surface area contributed by atoms with E-state index in [4.69, 9.17) is 4.42 Å². The summed E-state index contributed by atoms with van der Waals surface area (Å²) >= 11 is 0. The topological polar surface area (TPSA) is 13.1 Å². The number of para-hydroxylation sites is 1. The summed E-state index contributed by atoms with van der Waals surface area (Å²) in [6.45, 7) is 6.89. The van der Waals surface area contributed by atoms with E-state index in [1.165, 1.54) is 65.7 Å². The maximum absolute atomic E-state index is 6.25. The summed E-state index contributed by atoms with van der Waals surface area (Å²) in [5, 5.41) is 10.2. The van der Waals surface area contributed by atoms with E-state index in [0.29, 0.717) is 0 Å². The van der Waals surface area contributed by atoms with Gasteiger partial charge in [-0.2, -0.15) is 0 Å². The van der Waals surface area contributed by atoms with Crippen LogP contribution in [0.2, 0.25) is 0 Å². The SMILES string of the molecule is CC(C)(C)c1cc2ccc3c(-c4ccccc4)cc(-c4cccc(-c5ccc6c(c5)oc5ccccc56)c4)c4ccc(c1)c2c34. The zero-order valence-electron chi connectivity index (χ0n) is 25.7. The van der Waals surface area contributed by atoms with Gasteiger partial charge in [0.2, 0.25) is 0 Å². The maximum atomic E-state index is 6.25. The Kier molecular flexibility index (Phi) is 5.53. The Balaban J connectivity index is 1.29. The number of benzene rings is 8. The van der Waals surface area contributed by atoms with Gasteiger partial charge in [0.1, 0.15) is 11.2 Å². The molecular formula is C44H32O. The van der Waals surface area contributed by atoms with Crippen LogP contribution in [0.3, 0.4) is 0 Å². The van der Waals surface area contributed by atoms with Gasteiger partial charge in [0.05, 0.1) is 0 Å². The fourth-order valence-electron chi connectivity index (χ4n) is 7.22. The van der Waals surface area contributed by atoms with Gasteiger partial charge in [-0.25, -0.2) is 0 Å². The summed E-state index contributed by atoms with van der Waals surface area (Å²) < 4.78 is 6.25.